The first-order chi connectivity index (χ1) is 15.6. The topological polar surface area (TPSA) is 158 Å². The Hall–Kier alpha value is -3.29. The van der Waals surface area contributed by atoms with E-state index < -0.39 is 35.6 Å². The molecular formula is C20H27N7O6. The summed E-state index contributed by atoms with van der Waals surface area (Å²) in [5.74, 6) is -0.369. The second-order valence-electron chi connectivity index (χ2n) is 8.39. The van der Waals surface area contributed by atoms with E-state index in [9.17, 15) is 24.6 Å². The van der Waals surface area contributed by atoms with Crippen LogP contribution >= 0.6 is 0 Å². The van der Waals surface area contributed by atoms with Gasteiger partial charge in [0.15, 0.2) is 5.52 Å². The van der Waals surface area contributed by atoms with Crippen molar-refractivity contribution in [3.63, 3.8) is 0 Å². The highest BCUT2D eigenvalue weighted by Crippen LogP contribution is 2.19. The molecule has 4 rings (SSSR count). The van der Waals surface area contributed by atoms with Crippen molar-refractivity contribution in [1.82, 2.24) is 33.8 Å². The van der Waals surface area contributed by atoms with Crippen molar-refractivity contribution in [3.05, 3.63) is 44.6 Å². The number of aromatic nitrogens is 6. The first kappa shape index (κ1) is 22.9. The number of imidazole rings is 1. The number of carbonyl (C=O) groups excluding carboxylic acids is 1. The zero-order chi connectivity index (χ0) is 24.0. The van der Waals surface area contributed by atoms with E-state index in [1.165, 1.54) is 29.6 Å². The third-order valence-corrected chi connectivity index (χ3v) is 5.96. The summed E-state index contributed by atoms with van der Waals surface area (Å²) in [7, 11) is 2.89. The van der Waals surface area contributed by atoms with Gasteiger partial charge in [-0.05, 0) is 19.9 Å². The predicted octanol–water partition coefficient (Wildman–Crippen LogP) is -2.45. The van der Waals surface area contributed by atoms with Gasteiger partial charge in [-0.25, -0.2) is 9.78 Å². The van der Waals surface area contributed by atoms with Gasteiger partial charge >= 0.3 is 5.69 Å². The number of hydrogen-bond acceptors (Lipinski definition) is 8. The SMILES string of the molecule is Cc1cc(C)n(CC(=O)N[C@@H]2CO[C@H](Cn3cnc4c(=O)n(C)c(=O)n(C)c43)[C@@H](O)[C@H]2O)n1. The Kier molecular flexibility index (Phi) is 5.95. The molecule has 13 heteroatoms. The number of carbonyl (C=O) groups is 1. The van der Waals surface area contributed by atoms with Crippen LogP contribution in [0.3, 0.4) is 0 Å². The summed E-state index contributed by atoms with van der Waals surface area (Å²) < 4.78 is 11.1. The fraction of sp³-hybridized carbons (Fsp3) is 0.550. The van der Waals surface area contributed by atoms with Gasteiger partial charge in [-0.3, -0.25) is 23.4 Å². The van der Waals surface area contributed by atoms with Crippen LogP contribution in [0, 0.1) is 13.8 Å². The molecule has 0 aliphatic carbocycles. The molecule has 13 nitrogen and oxygen atoms in total. The van der Waals surface area contributed by atoms with Crippen molar-refractivity contribution < 1.29 is 19.7 Å². The van der Waals surface area contributed by atoms with E-state index in [1.54, 1.807) is 4.68 Å². The summed E-state index contributed by atoms with van der Waals surface area (Å²) in [5.41, 5.74) is 0.988. The predicted molar refractivity (Wildman–Crippen MR) is 116 cm³/mol. The number of nitrogens with zero attached hydrogens (tertiary/aromatic N) is 6. The summed E-state index contributed by atoms with van der Waals surface area (Å²) in [5, 5.41) is 28.2. The van der Waals surface area contributed by atoms with Crippen LogP contribution in [-0.4, -0.2) is 75.5 Å². The molecule has 1 aliphatic heterocycles. The van der Waals surface area contributed by atoms with E-state index in [0.717, 1.165) is 16.0 Å². The lowest BCUT2D eigenvalue weighted by molar-refractivity contribution is -0.158. The maximum absolute atomic E-state index is 12.4. The van der Waals surface area contributed by atoms with E-state index >= 15 is 0 Å². The molecule has 0 bridgehead atoms. The number of hydrogen-bond donors (Lipinski definition) is 3. The van der Waals surface area contributed by atoms with Gasteiger partial charge in [-0.2, -0.15) is 5.10 Å². The zero-order valence-corrected chi connectivity index (χ0v) is 18.8. The smallest absolute Gasteiger partial charge is 0.332 e. The van der Waals surface area contributed by atoms with Crippen LogP contribution in [-0.2, 0) is 36.7 Å². The lowest BCUT2D eigenvalue weighted by Gasteiger charge is -2.38. The Balaban J connectivity index is 1.46. The number of ether oxygens (including phenoxy) is 1. The Morgan fingerprint density at radius 1 is 1.21 bits per heavy atom. The molecule has 1 saturated heterocycles. The Labute approximate surface area is 187 Å². The summed E-state index contributed by atoms with van der Waals surface area (Å²) in [6.07, 6.45) is -2.06. The summed E-state index contributed by atoms with van der Waals surface area (Å²) in [4.78, 5) is 41.1. The minimum atomic E-state index is -1.32. The summed E-state index contributed by atoms with van der Waals surface area (Å²) >= 11 is 0. The van der Waals surface area contributed by atoms with E-state index in [4.69, 9.17) is 4.74 Å². The van der Waals surface area contributed by atoms with Gasteiger partial charge in [-0.1, -0.05) is 0 Å². The minimum Gasteiger partial charge on any atom is -0.388 e. The average molecular weight is 461 g/mol. The molecule has 3 aromatic heterocycles. The fourth-order valence-corrected chi connectivity index (χ4v) is 4.16. The molecule has 1 aliphatic rings. The number of nitrogens with one attached hydrogen (secondary N) is 1. The number of aryl methyl sites for hydroxylation is 3. The number of rotatable bonds is 5. The van der Waals surface area contributed by atoms with Gasteiger partial charge < -0.3 is 24.8 Å². The maximum Gasteiger partial charge on any atom is 0.332 e. The normalized spacial score (nSPS) is 23.2. The van der Waals surface area contributed by atoms with Crippen LogP contribution < -0.4 is 16.6 Å². The Morgan fingerprint density at radius 2 is 1.94 bits per heavy atom. The second kappa shape index (κ2) is 8.57. The highest BCUT2D eigenvalue weighted by molar-refractivity contribution is 5.76. The largest absolute Gasteiger partial charge is 0.388 e. The van der Waals surface area contributed by atoms with Crippen molar-refractivity contribution in [2.45, 2.75) is 51.3 Å². The van der Waals surface area contributed by atoms with Crippen LogP contribution in [0.4, 0.5) is 0 Å². The number of aliphatic hydroxyl groups excluding tert-OH is 2. The molecule has 33 heavy (non-hydrogen) atoms. The minimum absolute atomic E-state index is 0.0214. The van der Waals surface area contributed by atoms with E-state index in [1.807, 2.05) is 19.9 Å². The van der Waals surface area contributed by atoms with Crippen LogP contribution in [0.1, 0.15) is 11.4 Å². The summed E-state index contributed by atoms with van der Waals surface area (Å²) in [6.45, 7) is 3.66. The molecule has 3 N–H and O–H groups in total. The molecule has 0 saturated carbocycles. The number of fused-ring (bicyclic) bond motifs is 1. The maximum atomic E-state index is 12.4. The van der Waals surface area contributed by atoms with Gasteiger partial charge in [-0.15, -0.1) is 0 Å². The molecule has 0 unspecified atom stereocenters. The van der Waals surface area contributed by atoms with Crippen LogP contribution in [0.5, 0.6) is 0 Å². The molecular weight excluding hydrogens is 434 g/mol. The van der Waals surface area contributed by atoms with Gasteiger partial charge in [0, 0.05) is 19.8 Å². The van der Waals surface area contributed by atoms with E-state index in [-0.39, 0.29) is 36.8 Å². The van der Waals surface area contributed by atoms with Crippen molar-refractivity contribution >= 4 is 17.1 Å². The van der Waals surface area contributed by atoms with E-state index in [0.29, 0.717) is 0 Å². The molecule has 1 fully saturated rings. The standard InChI is InChI=1S/C20H27N7O6/c1-10-5-11(2)27(23-10)7-14(28)22-12-8-33-13(17(30)16(12)29)6-26-9-21-15-18(26)24(3)20(32)25(4)19(15)31/h5,9,12-13,16-17,29-30H,6-8H2,1-4H3,(H,22,28)/t12-,13-,16+,17-/m1/s1. The molecule has 1 amide bonds. The summed E-state index contributed by atoms with van der Waals surface area (Å²) in [6, 6.07) is 1.04. The lowest BCUT2D eigenvalue weighted by Crippen LogP contribution is -2.60. The molecule has 0 radical (unpaired) electrons. The fourth-order valence-electron chi connectivity index (χ4n) is 4.16. The molecule has 3 aromatic rings. The molecule has 178 valence electrons. The highest BCUT2D eigenvalue weighted by atomic mass is 16.5. The Morgan fingerprint density at radius 3 is 2.61 bits per heavy atom. The third-order valence-electron chi connectivity index (χ3n) is 5.96. The van der Waals surface area contributed by atoms with Gasteiger partial charge in [0.1, 0.15) is 30.5 Å². The van der Waals surface area contributed by atoms with Gasteiger partial charge in [0.25, 0.3) is 5.56 Å². The first-order valence-corrected chi connectivity index (χ1v) is 10.5. The molecule has 0 spiro atoms. The van der Waals surface area contributed by atoms with Gasteiger partial charge in [0.05, 0.1) is 31.2 Å². The molecule has 4 atom stereocenters. The number of aliphatic hydroxyl groups is 2. The zero-order valence-electron chi connectivity index (χ0n) is 18.8. The van der Waals surface area contributed by atoms with Crippen LogP contribution in [0.25, 0.3) is 11.2 Å². The second-order valence-corrected chi connectivity index (χ2v) is 8.39. The third kappa shape index (κ3) is 4.10. The van der Waals surface area contributed by atoms with Crippen molar-refractivity contribution in [2.24, 2.45) is 14.1 Å². The monoisotopic (exact) mass is 461 g/mol. The van der Waals surface area contributed by atoms with Crippen molar-refractivity contribution in [3.8, 4) is 0 Å². The van der Waals surface area contributed by atoms with Crippen LogP contribution in [0.2, 0.25) is 0 Å². The first-order valence-electron chi connectivity index (χ1n) is 10.5. The Bertz CT molecular complexity index is 1320. The van der Waals surface area contributed by atoms with E-state index in [2.05, 4.69) is 15.4 Å². The van der Waals surface area contributed by atoms with Gasteiger partial charge in [0.2, 0.25) is 5.91 Å². The lowest BCUT2D eigenvalue weighted by atomic mass is 9.98. The van der Waals surface area contributed by atoms with Crippen molar-refractivity contribution in [2.75, 3.05) is 6.61 Å². The van der Waals surface area contributed by atoms with Crippen molar-refractivity contribution in [1.29, 1.82) is 0 Å². The molecule has 0 aromatic carbocycles. The quantitative estimate of drug-likeness (QED) is 0.378. The molecule has 4 heterocycles. The average Bonchev–Trinajstić information content (AvgIpc) is 3.32. The van der Waals surface area contributed by atoms with Crippen LogP contribution in [0.15, 0.2) is 22.0 Å². The highest BCUT2D eigenvalue weighted by Gasteiger charge is 2.39. The number of amides is 1.